The highest BCUT2D eigenvalue weighted by Crippen LogP contribution is 2.51. The molecule has 0 bridgehead atoms. The first-order chi connectivity index (χ1) is 7.03. The van der Waals surface area contributed by atoms with E-state index in [-0.39, 0.29) is 17.6 Å². The number of phenols is 1. The maximum atomic E-state index is 10.7. The second kappa shape index (κ2) is 3.26. The normalized spacial score (nSPS) is 17.4. The van der Waals surface area contributed by atoms with Gasteiger partial charge in [-0.2, -0.15) is 0 Å². The Labute approximate surface area is 88.4 Å². The largest absolute Gasteiger partial charge is 0.508 e. The molecule has 3 nitrogen and oxygen atoms in total. The second-order valence-corrected chi connectivity index (χ2v) is 4.35. The number of carboxylic acids is 1. The number of aryl methyl sites for hydroxylation is 1. The minimum Gasteiger partial charge on any atom is -0.508 e. The topological polar surface area (TPSA) is 57.5 Å². The number of hydrogen-bond donors (Lipinski definition) is 2. The van der Waals surface area contributed by atoms with E-state index in [9.17, 15) is 9.90 Å². The predicted molar refractivity (Wildman–Crippen MR) is 56.0 cm³/mol. The standard InChI is InChI=1S/C12H14O3/c1-8-2-3-9(6-10(8)13)12(4-5-12)7-11(14)15/h2-3,6,13H,4-5,7H2,1H3,(H,14,15). The Kier molecular flexibility index (Phi) is 2.18. The summed E-state index contributed by atoms with van der Waals surface area (Å²) in [7, 11) is 0. The molecule has 0 spiro atoms. The summed E-state index contributed by atoms with van der Waals surface area (Å²) < 4.78 is 0. The van der Waals surface area contributed by atoms with Gasteiger partial charge in [0.1, 0.15) is 5.75 Å². The van der Waals surface area contributed by atoms with Crippen LogP contribution in [0.25, 0.3) is 0 Å². The number of carboxylic acid groups (broad SMARTS) is 1. The molecule has 0 radical (unpaired) electrons. The number of carbonyl (C=O) groups is 1. The molecular formula is C12H14O3. The zero-order valence-electron chi connectivity index (χ0n) is 8.66. The Morgan fingerprint density at radius 3 is 2.60 bits per heavy atom. The van der Waals surface area contributed by atoms with Crippen molar-refractivity contribution < 1.29 is 15.0 Å². The number of phenolic OH excluding ortho intramolecular Hbond substituents is 1. The SMILES string of the molecule is Cc1ccc(C2(CC(=O)O)CC2)cc1O. The summed E-state index contributed by atoms with van der Waals surface area (Å²) in [4.78, 5) is 10.7. The number of hydrogen-bond acceptors (Lipinski definition) is 2. The summed E-state index contributed by atoms with van der Waals surface area (Å²) in [5, 5.41) is 18.4. The average molecular weight is 206 g/mol. The lowest BCUT2D eigenvalue weighted by molar-refractivity contribution is -0.137. The zero-order valence-corrected chi connectivity index (χ0v) is 8.66. The van der Waals surface area contributed by atoms with Gasteiger partial charge in [-0.15, -0.1) is 0 Å². The van der Waals surface area contributed by atoms with Crippen LogP contribution in [0.3, 0.4) is 0 Å². The van der Waals surface area contributed by atoms with Gasteiger partial charge in [-0.25, -0.2) is 0 Å². The number of rotatable bonds is 3. The maximum Gasteiger partial charge on any atom is 0.304 e. The van der Waals surface area contributed by atoms with E-state index < -0.39 is 5.97 Å². The molecule has 1 saturated carbocycles. The predicted octanol–water partition coefficient (Wildman–Crippen LogP) is 2.21. The Morgan fingerprint density at radius 2 is 2.13 bits per heavy atom. The Balaban J connectivity index is 2.29. The third-order valence-corrected chi connectivity index (χ3v) is 3.16. The molecule has 0 aliphatic heterocycles. The van der Waals surface area contributed by atoms with E-state index in [1.807, 2.05) is 19.1 Å². The second-order valence-electron chi connectivity index (χ2n) is 4.35. The van der Waals surface area contributed by atoms with Gasteiger partial charge < -0.3 is 10.2 Å². The smallest absolute Gasteiger partial charge is 0.304 e. The molecule has 2 N–H and O–H groups in total. The van der Waals surface area contributed by atoms with Crippen molar-refractivity contribution in [3.8, 4) is 5.75 Å². The molecule has 1 fully saturated rings. The van der Waals surface area contributed by atoms with Crippen LogP contribution in [0.15, 0.2) is 18.2 Å². The van der Waals surface area contributed by atoms with Crippen molar-refractivity contribution in [2.24, 2.45) is 0 Å². The van der Waals surface area contributed by atoms with E-state index in [2.05, 4.69) is 0 Å². The van der Waals surface area contributed by atoms with Crippen molar-refractivity contribution in [2.75, 3.05) is 0 Å². The van der Waals surface area contributed by atoms with Gasteiger partial charge in [0.15, 0.2) is 0 Å². The summed E-state index contributed by atoms with van der Waals surface area (Å²) in [5.74, 6) is -0.517. The van der Waals surface area contributed by atoms with Crippen molar-refractivity contribution in [1.82, 2.24) is 0 Å². The molecule has 0 atom stereocenters. The summed E-state index contributed by atoms with van der Waals surface area (Å²) in [6.45, 7) is 1.83. The highest BCUT2D eigenvalue weighted by Gasteiger charge is 2.46. The third-order valence-electron chi connectivity index (χ3n) is 3.16. The van der Waals surface area contributed by atoms with Crippen molar-refractivity contribution >= 4 is 5.97 Å². The van der Waals surface area contributed by atoms with Crippen LogP contribution in [-0.2, 0) is 10.2 Å². The summed E-state index contributed by atoms with van der Waals surface area (Å²) in [5.41, 5.74) is 1.56. The maximum absolute atomic E-state index is 10.7. The summed E-state index contributed by atoms with van der Waals surface area (Å²) in [6, 6.07) is 5.46. The third kappa shape index (κ3) is 1.82. The van der Waals surface area contributed by atoms with Gasteiger partial charge in [-0.1, -0.05) is 12.1 Å². The lowest BCUT2D eigenvalue weighted by atomic mass is 9.91. The van der Waals surface area contributed by atoms with Gasteiger partial charge in [0.2, 0.25) is 0 Å². The molecule has 1 aromatic rings. The van der Waals surface area contributed by atoms with E-state index in [0.717, 1.165) is 24.0 Å². The molecular weight excluding hydrogens is 192 g/mol. The first-order valence-electron chi connectivity index (χ1n) is 5.05. The highest BCUT2D eigenvalue weighted by molar-refractivity contribution is 5.70. The fourth-order valence-electron chi connectivity index (χ4n) is 1.95. The highest BCUT2D eigenvalue weighted by atomic mass is 16.4. The minimum atomic E-state index is -0.771. The van der Waals surface area contributed by atoms with Crippen LogP contribution in [0.4, 0.5) is 0 Å². The van der Waals surface area contributed by atoms with Crippen molar-refractivity contribution in [3.05, 3.63) is 29.3 Å². The van der Waals surface area contributed by atoms with E-state index >= 15 is 0 Å². The lowest BCUT2D eigenvalue weighted by Gasteiger charge is -2.13. The zero-order chi connectivity index (χ0) is 11.1. The number of benzene rings is 1. The first-order valence-corrected chi connectivity index (χ1v) is 5.05. The fraction of sp³-hybridized carbons (Fsp3) is 0.417. The molecule has 2 rings (SSSR count). The molecule has 3 heteroatoms. The molecule has 0 heterocycles. The lowest BCUT2D eigenvalue weighted by Crippen LogP contribution is -2.12. The molecule has 0 unspecified atom stereocenters. The van der Waals surface area contributed by atoms with Gasteiger partial charge >= 0.3 is 5.97 Å². The van der Waals surface area contributed by atoms with Crippen LogP contribution >= 0.6 is 0 Å². The Hall–Kier alpha value is -1.51. The molecule has 1 aliphatic carbocycles. The Bertz CT molecular complexity index is 405. The van der Waals surface area contributed by atoms with Gasteiger partial charge in [0, 0.05) is 5.41 Å². The Morgan fingerprint density at radius 1 is 1.47 bits per heavy atom. The van der Waals surface area contributed by atoms with E-state index in [1.54, 1.807) is 6.07 Å². The van der Waals surface area contributed by atoms with E-state index in [0.29, 0.717) is 0 Å². The monoisotopic (exact) mass is 206 g/mol. The molecule has 0 saturated heterocycles. The average Bonchev–Trinajstić information content (AvgIpc) is 2.89. The van der Waals surface area contributed by atoms with Gasteiger partial charge in [0.05, 0.1) is 6.42 Å². The van der Waals surface area contributed by atoms with Crippen LogP contribution in [0.2, 0.25) is 0 Å². The number of aliphatic carboxylic acids is 1. The van der Waals surface area contributed by atoms with Crippen LogP contribution in [-0.4, -0.2) is 16.2 Å². The molecule has 15 heavy (non-hydrogen) atoms. The van der Waals surface area contributed by atoms with Crippen molar-refractivity contribution in [2.45, 2.75) is 31.6 Å². The van der Waals surface area contributed by atoms with E-state index in [4.69, 9.17) is 5.11 Å². The molecule has 0 amide bonds. The first kappa shape index (κ1) is 10.0. The minimum absolute atomic E-state index is 0.162. The van der Waals surface area contributed by atoms with Gasteiger partial charge in [-0.3, -0.25) is 4.79 Å². The summed E-state index contributed by atoms with van der Waals surface area (Å²) >= 11 is 0. The van der Waals surface area contributed by atoms with Crippen LogP contribution in [0, 0.1) is 6.92 Å². The van der Waals surface area contributed by atoms with Crippen molar-refractivity contribution in [3.63, 3.8) is 0 Å². The number of aromatic hydroxyl groups is 1. The molecule has 0 aromatic heterocycles. The molecule has 1 aliphatic rings. The molecule has 1 aromatic carbocycles. The van der Waals surface area contributed by atoms with Crippen LogP contribution in [0.5, 0.6) is 5.75 Å². The van der Waals surface area contributed by atoms with Gasteiger partial charge in [-0.05, 0) is 37.0 Å². The molecule has 80 valence electrons. The van der Waals surface area contributed by atoms with Crippen LogP contribution < -0.4 is 0 Å². The van der Waals surface area contributed by atoms with Crippen molar-refractivity contribution in [1.29, 1.82) is 0 Å². The van der Waals surface area contributed by atoms with E-state index in [1.165, 1.54) is 0 Å². The van der Waals surface area contributed by atoms with Crippen LogP contribution in [0.1, 0.15) is 30.4 Å². The fourth-order valence-corrected chi connectivity index (χ4v) is 1.95. The summed E-state index contributed by atoms with van der Waals surface area (Å²) in [6.07, 6.45) is 1.97. The quantitative estimate of drug-likeness (QED) is 0.797. The van der Waals surface area contributed by atoms with Gasteiger partial charge in [0.25, 0.3) is 0 Å².